The van der Waals surface area contributed by atoms with Crippen LogP contribution in [0.15, 0.2) is 65.6 Å². The Morgan fingerprint density at radius 2 is 1.76 bits per heavy atom. The van der Waals surface area contributed by atoms with Crippen molar-refractivity contribution in [3.63, 3.8) is 0 Å². The largest absolute Gasteiger partial charge is 0.340 e. The van der Waals surface area contributed by atoms with Gasteiger partial charge in [-0.15, -0.1) is 0 Å². The maximum atomic E-state index is 13.7. The number of hydrogen-bond donors (Lipinski definition) is 2. The molecule has 0 radical (unpaired) electrons. The Bertz CT molecular complexity index is 1340. The first kappa shape index (κ1) is 20.8. The number of rotatable bonds is 5. The molecule has 168 valence electrons. The Balaban J connectivity index is 1.27. The van der Waals surface area contributed by atoms with Gasteiger partial charge in [0.2, 0.25) is 11.9 Å². The molecule has 1 aliphatic heterocycles. The van der Waals surface area contributed by atoms with Crippen molar-refractivity contribution in [2.45, 2.75) is 0 Å². The van der Waals surface area contributed by atoms with Gasteiger partial charge in [0.05, 0.1) is 24.1 Å². The molecule has 0 spiro atoms. The van der Waals surface area contributed by atoms with Crippen LogP contribution >= 0.6 is 0 Å². The number of anilines is 2. The summed E-state index contributed by atoms with van der Waals surface area (Å²) >= 11 is 0. The fraction of sp³-hybridized carbons (Fsp3) is 0.217. The summed E-state index contributed by atoms with van der Waals surface area (Å²) in [6.07, 6.45) is 1.52. The van der Waals surface area contributed by atoms with Crippen LogP contribution in [0, 0.1) is 5.82 Å². The van der Waals surface area contributed by atoms with E-state index in [1.807, 2.05) is 40.1 Å². The number of para-hydroxylation sites is 2. The highest BCUT2D eigenvalue weighted by molar-refractivity contribution is 5.92. The van der Waals surface area contributed by atoms with Gasteiger partial charge in [-0.2, -0.15) is 10.1 Å². The lowest BCUT2D eigenvalue weighted by atomic mass is 10.3. The van der Waals surface area contributed by atoms with E-state index in [-0.39, 0.29) is 23.7 Å². The highest BCUT2D eigenvalue weighted by Crippen LogP contribution is 2.17. The minimum atomic E-state index is -0.462. The number of nitrogens with zero attached hydrogens (tertiary/aromatic N) is 5. The number of benzene rings is 2. The molecule has 1 aliphatic rings. The van der Waals surface area contributed by atoms with Crippen LogP contribution in [0.2, 0.25) is 0 Å². The van der Waals surface area contributed by atoms with Gasteiger partial charge >= 0.3 is 0 Å². The Morgan fingerprint density at radius 3 is 2.52 bits per heavy atom. The molecule has 3 heterocycles. The molecule has 2 N–H and O–H groups in total. The fourth-order valence-corrected chi connectivity index (χ4v) is 3.89. The second-order valence-corrected chi connectivity index (χ2v) is 7.81. The molecule has 0 unspecified atom stereocenters. The SMILES string of the molecule is O=C(CN1CCN(c2nc3c(cnn3-c3ccccc3)c(=O)[nH]2)CC1)Nc1ccccc1F. The highest BCUT2D eigenvalue weighted by Gasteiger charge is 2.22. The number of fused-ring (bicyclic) bond motifs is 1. The molecule has 5 rings (SSSR count). The molecule has 10 heteroatoms. The Kier molecular flexibility index (Phi) is 5.57. The third-order valence-electron chi connectivity index (χ3n) is 5.61. The summed E-state index contributed by atoms with van der Waals surface area (Å²) in [5, 5.41) is 7.36. The Labute approximate surface area is 188 Å². The number of halogens is 1. The van der Waals surface area contributed by atoms with Gasteiger partial charge in [0.1, 0.15) is 11.2 Å². The van der Waals surface area contributed by atoms with E-state index in [9.17, 15) is 14.0 Å². The lowest BCUT2D eigenvalue weighted by Gasteiger charge is -2.34. The van der Waals surface area contributed by atoms with E-state index < -0.39 is 5.82 Å². The third kappa shape index (κ3) is 4.33. The third-order valence-corrected chi connectivity index (χ3v) is 5.61. The number of carbonyl (C=O) groups excluding carboxylic acids is 1. The molecule has 0 bridgehead atoms. The van der Waals surface area contributed by atoms with Crippen LogP contribution in [0.5, 0.6) is 0 Å². The molecular weight excluding hydrogens is 425 g/mol. The van der Waals surface area contributed by atoms with Crippen LogP contribution in [-0.4, -0.2) is 63.3 Å². The summed E-state index contributed by atoms with van der Waals surface area (Å²) in [7, 11) is 0. The van der Waals surface area contributed by atoms with E-state index in [0.717, 1.165) is 5.69 Å². The lowest BCUT2D eigenvalue weighted by molar-refractivity contribution is -0.117. The molecule has 0 aliphatic carbocycles. The van der Waals surface area contributed by atoms with Gasteiger partial charge in [0.25, 0.3) is 5.56 Å². The summed E-state index contributed by atoms with van der Waals surface area (Å²) in [4.78, 5) is 36.4. The van der Waals surface area contributed by atoms with E-state index in [2.05, 4.69) is 20.4 Å². The number of amides is 1. The lowest BCUT2D eigenvalue weighted by Crippen LogP contribution is -2.49. The second kappa shape index (κ2) is 8.83. The summed E-state index contributed by atoms with van der Waals surface area (Å²) in [5.41, 5.74) is 1.24. The van der Waals surface area contributed by atoms with Crippen molar-refractivity contribution in [2.75, 3.05) is 42.9 Å². The molecule has 0 saturated carbocycles. The molecule has 1 fully saturated rings. The zero-order chi connectivity index (χ0) is 22.8. The number of carbonyl (C=O) groups is 1. The average molecular weight is 447 g/mol. The maximum absolute atomic E-state index is 13.7. The van der Waals surface area contributed by atoms with Crippen LogP contribution in [0.4, 0.5) is 16.0 Å². The summed E-state index contributed by atoms with van der Waals surface area (Å²) in [6, 6.07) is 15.6. The number of nitrogens with one attached hydrogen (secondary N) is 2. The van der Waals surface area contributed by atoms with Crippen LogP contribution in [0.25, 0.3) is 16.7 Å². The molecular formula is C23H22FN7O2. The number of aromatic amines is 1. The van der Waals surface area contributed by atoms with Crippen molar-refractivity contribution in [2.24, 2.45) is 0 Å². The van der Waals surface area contributed by atoms with Crippen LogP contribution < -0.4 is 15.8 Å². The number of piperazine rings is 1. The summed E-state index contributed by atoms with van der Waals surface area (Å²) < 4.78 is 15.4. The van der Waals surface area contributed by atoms with Crippen LogP contribution in [0.3, 0.4) is 0 Å². The summed E-state index contributed by atoms with van der Waals surface area (Å²) in [5.74, 6) is -0.260. The minimum Gasteiger partial charge on any atom is -0.340 e. The van der Waals surface area contributed by atoms with Crippen molar-refractivity contribution >= 4 is 28.6 Å². The monoisotopic (exact) mass is 447 g/mol. The normalized spacial score (nSPS) is 14.5. The second-order valence-electron chi connectivity index (χ2n) is 7.81. The van der Waals surface area contributed by atoms with Crippen molar-refractivity contribution in [3.05, 3.63) is 77.0 Å². The van der Waals surface area contributed by atoms with Crippen molar-refractivity contribution in [1.82, 2.24) is 24.6 Å². The molecule has 4 aromatic rings. The topological polar surface area (TPSA) is 99.2 Å². The van der Waals surface area contributed by atoms with Crippen molar-refractivity contribution in [1.29, 1.82) is 0 Å². The predicted octanol–water partition coefficient (Wildman–Crippen LogP) is 2.01. The van der Waals surface area contributed by atoms with Gasteiger partial charge in [-0.1, -0.05) is 30.3 Å². The fourth-order valence-electron chi connectivity index (χ4n) is 3.89. The van der Waals surface area contributed by atoms with Crippen molar-refractivity contribution in [3.8, 4) is 5.69 Å². The van der Waals surface area contributed by atoms with Gasteiger partial charge in [-0.3, -0.25) is 19.5 Å². The van der Waals surface area contributed by atoms with Gasteiger partial charge in [0.15, 0.2) is 5.65 Å². The highest BCUT2D eigenvalue weighted by atomic mass is 19.1. The molecule has 1 saturated heterocycles. The van der Waals surface area contributed by atoms with Gasteiger partial charge in [0, 0.05) is 26.2 Å². The quantitative estimate of drug-likeness (QED) is 0.486. The van der Waals surface area contributed by atoms with Gasteiger partial charge in [-0.25, -0.2) is 9.07 Å². The Hall–Kier alpha value is -4.05. The summed E-state index contributed by atoms with van der Waals surface area (Å²) in [6.45, 7) is 2.53. The van der Waals surface area contributed by atoms with E-state index in [1.54, 1.807) is 16.8 Å². The van der Waals surface area contributed by atoms with E-state index in [4.69, 9.17) is 0 Å². The number of hydrogen-bond acceptors (Lipinski definition) is 6. The Morgan fingerprint density at radius 1 is 1.03 bits per heavy atom. The van der Waals surface area contributed by atoms with Crippen molar-refractivity contribution < 1.29 is 9.18 Å². The van der Waals surface area contributed by atoms with Crippen LogP contribution in [-0.2, 0) is 4.79 Å². The maximum Gasteiger partial charge on any atom is 0.263 e. The minimum absolute atomic E-state index is 0.159. The van der Waals surface area contributed by atoms with E-state index in [0.29, 0.717) is 43.2 Å². The molecule has 33 heavy (non-hydrogen) atoms. The van der Waals surface area contributed by atoms with Gasteiger partial charge in [-0.05, 0) is 24.3 Å². The zero-order valence-corrected chi connectivity index (χ0v) is 17.7. The average Bonchev–Trinajstić information content (AvgIpc) is 3.26. The van der Waals surface area contributed by atoms with Gasteiger partial charge < -0.3 is 10.2 Å². The smallest absolute Gasteiger partial charge is 0.263 e. The first-order chi connectivity index (χ1) is 16.1. The molecule has 9 nitrogen and oxygen atoms in total. The predicted molar refractivity (Wildman–Crippen MR) is 123 cm³/mol. The van der Waals surface area contributed by atoms with E-state index >= 15 is 0 Å². The van der Waals surface area contributed by atoms with E-state index in [1.165, 1.54) is 18.3 Å². The zero-order valence-electron chi connectivity index (χ0n) is 17.7. The first-order valence-electron chi connectivity index (χ1n) is 10.6. The number of H-pyrrole nitrogens is 1. The molecule has 2 aromatic heterocycles. The standard InChI is InChI=1S/C23H22FN7O2/c24-18-8-4-5-9-19(18)26-20(32)15-29-10-12-30(13-11-29)23-27-21-17(22(33)28-23)14-25-31(21)16-6-2-1-3-7-16/h1-9,14H,10-13,15H2,(H,26,32)(H,27,28,33). The molecule has 2 aromatic carbocycles. The van der Waals surface area contributed by atoms with Crippen LogP contribution in [0.1, 0.15) is 0 Å². The first-order valence-corrected chi connectivity index (χ1v) is 10.6. The molecule has 1 amide bonds. The molecule has 0 atom stereocenters. The number of aromatic nitrogens is 4.